The van der Waals surface area contributed by atoms with Crippen LogP contribution in [0, 0.1) is 0 Å². The molecule has 0 rings (SSSR count). The summed E-state index contributed by atoms with van der Waals surface area (Å²) in [7, 11) is 0. The van der Waals surface area contributed by atoms with Gasteiger partial charge in [0.05, 0.1) is 0 Å². The average Bonchev–Trinajstić information content (AvgIpc) is 0. The van der Waals surface area contributed by atoms with Crippen LogP contribution in [0.5, 0.6) is 0 Å². The second kappa shape index (κ2) is 20.9. The summed E-state index contributed by atoms with van der Waals surface area (Å²) in [5.74, 6) is 0. The fourth-order valence-corrected chi connectivity index (χ4v) is 0. The predicted octanol–water partition coefficient (Wildman–Crippen LogP) is 0.617. The standard InChI is InChI=1S/3ClH.Na.H/h3*1H;;. The Hall–Kier alpha value is 1.87. The first-order valence-electron chi connectivity index (χ1n) is 0. The number of hydrogen-bond donors (Lipinski definition) is 0. The zero-order chi connectivity index (χ0) is 0. The molecule has 0 atom stereocenters. The molecule has 0 N–H and O–H groups in total. The summed E-state index contributed by atoms with van der Waals surface area (Å²) in [5, 5.41) is 0. The third-order valence-electron chi connectivity index (χ3n) is 0. The average molecular weight is 133 g/mol. The Bertz CT molecular complexity index is 3.25. The van der Waals surface area contributed by atoms with E-state index in [1.54, 1.807) is 0 Å². The van der Waals surface area contributed by atoms with Gasteiger partial charge in [0.2, 0.25) is 0 Å². The van der Waals surface area contributed by atoms with Gasteiger partial charge in [-0.25, -0.2) is 0 Å². The van der Waals surface area contributed by atoms with Crippen molar-refractivity contribution in [3.05, 3.63) is 0 Å². The molecule has 0 aliphatic carbocycles. The first kappa shape index (κ1) is 39.8. The maximum atomic E-state index is 0. The Morgan fingerprint density at radius 1 is 0.500 bits per heavy atom. The monoisotopic (exact) mass is 132 g/mol. The van der Waals surface area contributed by atoms with Crippen molar-refractivity contribution in [1.29, 1.82) is 0 Å². The van der Waals surface area contributed by atoms with Gasteiger partial charge in [0.25, 0.3) is 0 Å². The maximum absolute atomic E-state index is 0. The Labute approximate surface area is 66.2 Å². The molecule has 26 valence electrons. The molecule has 0 radical (unpaired) electrons. The van der Waals surface area contributed by atoms with Crippen LogP contribution in [0.25, 0.3) is 0 Å². The molecule has 0 fully saturated rings. The molecule has 0 aromatic rings. The molecule has 0 aromatic carbocycles. The van der Waals surface area contributed by atoms with Gasteiger partial charge in [-0.3, -0.25) is 0 Å². The molecule has 0 amide bonds. The van der Waals surface area contributed by atoms with E-state index in [-0.39, 0.29) is 66.8 Å². The van der Waals surface area contributed by atoms with E-state index in [4.69, 9.17) is 0 Å². The molecule has 0 aliphatic heterocycles. The zero-order valence-electron chi connectivity index (χ0n) is 1.22. The van der Waals surface area contributed by atoms with Gasteiger partial charge in [0.1, 0.15) is 0 Å². The van der Waals surface area contributed by atoms with Gasteiger partial charge in [-0.1, -0.05) is 0 Å². The van der Waals surface area contributed by atoms with Crippen molar-refractivity contribution in [3.8, 4) is 0 Å². The molecule has 0 nitrogen and oxygen atoms in total. The number of hydrogen-bond acceptors (Lipinski definition) is 0. The second-order valence-electron chi connectivity index (χ2n) is 0. The minimum atomic E-state index is 0. The SMILES string of the molecule is Cl.Cl.Cl.[NaH]. The number of halogens is 3. The summed E-state index contributed by atoms with van der Waals surface area (Å²) in [5.41, 5.74) is 0. The molecule has 0 saturated carbocycles. The summed E-state index contributed by atoms with van der Waals surface area (Å²) in [4.78, 5) is 0. The van der Waals surface area contributed by atoms with E-state index in [1.807, 2.05) is 0 Å². The van der Waals surface area contributed by atoms with E-state index in [0.717, 1.165) is 0 Å². The van der Waals surface area contributed by atoms with Crippen molar-refractivity contribution >= 4 is 66.8 Å². The molecule has 0 saturated heterocycles. The first-order chi connectivity index (χ1) is 0. The second-order valence-corrected chi connectivity index (χ2v) is 0. The van der Waals surface area contributed by atoms with E-state index in [0.29, 0.717) is 0 Å². The summed E-state index contributed by atoms with van der Waals surface area (Å²) in [6.07, 6.45) is 0. The van der Waals surface area contributed by atoms with E-state index in [1.165, 1.54) is 0 Å². The summed E-state index contributed by atoms with van der Waals surface area (Å²) >= 11 is 0. The summed E-state index contributed by atoms with van der Waals surface area (Å²) in [6, 6.07) is 0. The predicted molar refractivity (Wildman–Crippen MR) is 28.9 cm³/mol. The van der Waals surface area contributed by atoms with Gasteiger partial charge in [-0.05, 0) is 0 Å². The zero-order valence-corrected chi connectivity index (χ0v) is 3.67. The molecule has 0 spiro atoms. The van der Waals surface area contributed by atoms with Crippen molar-refractivity contribution < 1.29 is 0 Å². The van der Waals surface area contributed by atoms with Crippen LogP contribution in [0.4, 0.5) is 0 Å². The molecule has 0 bridgehead atoms. The van der Waals surface area contributed by atoms with Gasteiger partial charge >= 0.3 is 29.6 Å². The van der Waals surface area contributed by atoms with Crippen LogP contribution in [0.3, 0.4) is 0 Å². The molecular formula is H4Cl3Na. The van der Waals surface area contributed by atoms with E-state index in [2.05, 4.69) is 0 Å². The Morgan fingerprint density at radius 2 is 0.500 bits per heavy atom. The molecule has 4 heavy (non-hydrogen) atoms. The minimum absolute atomic E-state index is 0. The van der Waals surface area contributed by atoms with Crippen molar-refractivity contribution in [2.75, 3.05) is 0 Å². The fraction of sp³-hybridized carbons (Fsp3) is 0. The van der Waals surface area contributed by atoms with Gasteiger partial charge in [-0.15, -0.1) is 37.2 Å². The van der Waals surface area contributed by atoms with E-state index >= 15 is 0 Å². The van der Waals surface area contributed by atoms with E-state index < -0.39 is 0 Å². The Morgan fingerprint density at radius 3 is 0.500 bits per heavy atom. The normalized spacial score (nSPS) is 0. The molecule has 0 aliphatic rings. The Kier molecular flexibility index (Phi) is 208. The van der Waals surface area contributed by atoms with Gasteiger partial charge in [0, 0.05) is 0 Å². The van der Waals surface area contributed by atoms with Crippen LogP contribution in [-0.4, -0.2) is 29.6 Å². The first-order valence-corrected chi connectivity index (χ1v) is 0. The Balaban J connectivity index is 0. The van der Waals surface area contributed by atoms with Crippen molar-refractivity contribution in [2.45, 2.75) is 0 Å². The van der Waals surface area contributed by atoms with Crippen LogP contribution in [0.15, 0.2) is 0 Å². The van der Waals surface area contributed by atoms with Crippen molar-refractivity contribution in [1.82, 2.24) is 0 Å². The molecular weight excluding hydrogens is 129 g/mol. The van der Waals surface area contributed by atoms with Crippen LogP contribution in [0.1, 0.15) is 0 Å². The molecule has 0 heterocycles. The summed E-state index contributed by atoms with van der Waals surface area (Å²) < 4.78 is 0. The van der Waals surface area contributed by atoms with Crippen LogP contribution in [-0.2, 0) is 0 Å². The number of rotatable bonds is 0. The topological polar surface area (TPSA) is 0 Å². The molecule has 0 unspecified atom stereocenters. The van der Waals surface area contributed by atoms with Crippen LogP contribution < -0.4 is 0 Å². The van der Waals surface area contributed by atoms with Crippen LogP contribution in [0.2, 0.25) is 0 Å². The van der Waals surface area contributed by atoms with Gasteiger partial charge in [0.15, 0.2) is 0 Å². The van der Waals surface area contributed by atoms with Crippen molar-refractivity contribution in [3.63, 3.8) is 0 Å². The van der Waals surface area contributed by atoms with Crippen LogP contribution >= 0.6 is 37.2 Å². The van der Waals surface area contributed by atoms with Gasteiger partial charge < -0.3 is 0 Å². The van der Waals surface area contributed by atoms with Crippen molar-refractivity contribution in [2.24, 2.45) is 0 Å². The molecule has 0 aromatic heterocycles. The third-order valence-corrected chi connectivity index (χ3v) is 0. The molecule has 4 heteroatoms. The van der Waals surface area contributed by atoms with Gasteiger partial charge in [-0.2, -0.15) is 0 Å². The quantitative estimate of drug-likeness (QED) is 0.425. The van der Waals surface area contributed by atoms with E-state index in [9.17, 15) is 0 Å². The summed E-state index contributed by atoms with van der Waals surface area (Å²) in [6.45, 7) is 0. The fourth-order valence-electron chi connectivity index (χ4n) is 0. The third kappa shape index (κ3) is 9.12.